The van der Waals surface area contributed by atoms with Crippen LogP contribution in [-0.4, -0.2) is 58.8 Å². The van der Waals surface area contributed by atoms with Gasteiger partial charge in [0, 0.05) is 50.9 Å². The van der Waals surface area contributed by atoms with Crippen molar-refractivity contribution in [3.63, 3.8) is 0 Å². The second-order valence-electron chi connectivity index (χ2n) is 7.97. The van der Waals surface area contributed by atoms with Crippen LogP contribution in [0.5, 0.6) is 0 Å². The third kappa shape index (κ3) is 3.38. The number of amides is 2. The Hall–Kier alpha value is -2.21. The summed E-state index contributed by atoms with van der Waals surface area (Å²) >= 11 is 0. The van der Waals surface area contributed by atoms with E-state index in [2.05, 4.69) is 29.0 Å². The van der Waals surface area contributed by atoms with Crippen LogP contribution < -0.4 is 5.32 Å². The summed E-state index contributed by atoms with van der Waals surface area (Å²) in [6.45, 7) is 8.43. The van der Waals surface area contributed by atoms with E-state index in [0.717, 1.165) is 37.3 Å². The van der Waals surface area contributed by atoms with Crippen LogP contribution in [0.1, 0.15) is 31.4 Å². The Bertz CT molecular complexity index is 744. The molecule has 2 saturated heterocycles. The number of carbonyl (C=O) groups is 2. The highest BCUT2D eigenvalue weighted by atomic mass is 16.2. The Morgan fingerprint density at radius 2 is 1.96 bits per heavy atom. The summed E-state index contributed by atoms with van der Waals surface area (Å²) < 4.78 is 0. The number of fused-ring (bicyclic) bond motifs is 2. The molecule has 2 fully saturated rings. The number of rotatable bonds is 3. The van der Waals surface area contributed by atoms with Crippen molar-refractivity contribution < 1.29 is 9.59 Å². The van der Waals surface area contributed by atoms with Crippen LogP contribution in [-0.2, 0) is 16.0 Å². The summed E-state index contributed by atoms with van der Waals surface area (Å²) in [5, 5.41) is 2.78. The van der Waals surface area contributed by atoms with Crippen LogP contribution in [0, 0.1) is 11.8 Å². The summed E-state index contributed by atoms with van der Waals surface area (Å²) in [7, 11) is 0. The van der Waals surface area contributed by atoms with Gasteiger partial charge in [0.25, 0.3) is 0 Å². The first-order valence-corrected chi connectivity index (χ1v) is 9.49. The molecule has 0 bridgehead atoms. The molecule has 0 aliphatic carbocycles. The summed E-state index contributed by atoms with van der Waals surface area (Å²) in [6.07, 6.45) is 6.39. The van der Waals surface area contributed by atoms with Gasteiger partial charge in [-0.2, -0.15) is 0 Å². The fraction of sp³-hybridized carbons (Fsp3) is 0.550. The molecule has 1 aromatic rings. The standard InChI is InChI=1S/C20H26N4O2/c1-13(2)23-9-16-11-24(12-17(16)10-23)19(26)6-3-14-7-15-4-5-18(25)22-20(15)21-8-14/h3,6-8,13,16-17H,4-5,9-12H2,1-2H3,(H,21,22,25)/b6-3+/t16-,17+. The zero-order chi connectivity index (χ0) is 18.3. The SMILES string of the molecule is CC(C)N1C[C@H]2CN(C(=O)/C=C/c3cnc4c(c3)CCC(=O)N4)C[C@H]2C1. The molecule has 2 amide bonds. The lowest BCUT2D eigenvalue weighted by molar-refractivity contribution is -0.125. The number of hydrogen-bond acceptors (Lipinski definition) is 4. The zero-order valence-electron chi connectivity index (χ0n) is 15.4. The smallest absolute Gasteiger partial charge is 0.246 e. The molecular formula is C20H26N4O2. The fourth-order valence-electron chi connectivity index (χ4n) is 4.27. The van der Waals surface area contributed by atoms with Gasteiger partial charge in [0.1, 0.15) is 5.82 Å². The van der Waals surface area contributed by atoms with Crippen molar-refractivity contribution in [3.8, 4) is 0 Å². The number of nitrogens with zero attached hydrogens (tertiary/aromatic N) is 3. The first-order chi connectivity index (χ1) is 12.5. The van der Waals surface area contributed by atoms with Crippen molar-refractivity contribution in [3.05, 3.63) is 29.5 Å². The first kappa shape index (κ1) is 17.2. The van der Waals surface area contributed by atoms with Gasteiger partial charge in [0.2, 0.25) is 11.8 Å². The molecular weight excluding hydrogens is 328 g/mol. The van der Waals surface area contributed by atoms with Crippen molar-refractivity contribution in [2.45, 2.75) is 32.7 Å². The largest absolute Gasteiger partial charge is 0.338 e. The quantitative estimate of drug-likeness (QED) is 0.841. The predicted molar refractivity (Wildman–Crippen MR) is 100 cm³/mol. The molecule has 138 valence electrons. The molecule has 0 unspecified atom stereocenters. The Labute approximate surface area is 154 Å². The van der Waals surface area contributed by atoms with Gasteiger partial charge in [-0.25, -0.2) is 4.98 Å². The Kier molecular flexibility index (Phi) is 4.53. The van der Waals surface area contributed by atoms with Crippen LogP contribution in [0.3, 0.4) is 0 Å². The molecule has 1 N–H and O–H groups in total. The van der Waals surface area contributed by atoms with Gasteiger partial charge in [0.15, 0.2) is 0 Å². The average Bonchev–Trinajstić information content (AvgIpc) is 3.18. The minimum absolute atomic E-state index is 0.0130. The van der Waals surface area contributed by atoms with Crippen LogP contribution in [0.4, 0.5) is 5.82 Å². The van der Waals surface area contributed by atoms with Gasteiger partial charge >= 0.3 is 0 Å². The van der Waals surface area contributed by atoms with Crippen molar-refractivity contribution in [2.75, 3.05) is 31.5 Å². The van der Waals surface area contributed by atoms with E-state index in [1.54, 1.807) is 12.3 Å². The minimum Gasteiger partial charge on any atom is -0.338 e. The Morgan fingerprint density at radius 1 is 1.23 bits per heavy atom. The van der Waals surface area contributed by atoms with Crippen LogP contribution in [0.2, 0.25) is 0 Å². The lowest BCUT2D eigenvalue weighted by atomic mass is 10.0. The highest BCUT2D eigenvalue weighted by Gasteiger charge is 2.41. The third-order valence-electron chi connectivity index (χ3n) is 5.84. The summed E-state index contributed by atoms with van der Waals surface area (Å²) in [5.41, 5.74) is 1.93. The van der Waals surface area contributed by atoms with Gasteiger partial charge in [0.05, 0.1) is 0 Å². The van der Waals surface area contributed by atoms with Crippen LogP contribution >= 0.6 is 0 Å². The number of hydrogen-bond donors (Lipinski definition) is 1. The van der Waals surface area contributed by atoms with Gasteiger partial charge in [-0.1, -0.05) is 0 Å². The number of carbonyl (C=O) groups excluding carboxylic acids is 2. The number of likely N-dealkylation sites (tertiary alicyclic amines) is 2. The van der Waals surface area contributed by atoms with Crippen LogP contribution in [0.15, 0.2) is 18.3 Å². The number of aryl methyl sites for hydroxylation is 1. The second-order valence-corrected chi connectivity index (χ2v) is 7.97. The maximum Gasteiger partial charge on any atom is 0.246 e. The van der Waals surface area contributed by atoms with Gasteiger partial charge < -0.3 is 15.1 Å². The molecule has 1 aromatic heterocycles. The van der Waals surface area contributed by atoms with E-state index in [4.69, 9.17) is 0 Å². The number of aromatic nitrogens is 1. The fourth-order valence-corrected chi connectivity index (χ4v) is 4.27. The molecule has 0 saturated carbocycles. The molecule has 0 spiro atoms. The lowest BCUT2D eigenvalue weighted by Crippen LogP contribution is -2.34. The molecule has 4 rings (SSSR count). The summed E-state index contributed by atoms with van der Waals surface area (Å²) in [4.78, 5) is 32.7. The lowest BCUT2D eigenvalue weighted by Gasteiger charge is -2.23. The van der Waals surface area contributed by atoms with Gasteiger partial charge in [-0.3, -0.25) is 9.59 Å². The van der Waals surface area contributed by atoms with Crippen molar-refractivity contribution in [2.24, 2.45) is 11.8 Å². The van der Waals surface area contributed by atoms with E-state index >= 15 is 0 Å². The molecule has 0 aromatic carbocycles. The number of nitrogens with one attached hydrogen (secondary N) is 1. The van der Waals surface area contributed by atoms with Gasteiger partial charge in [-0.05, 0) is 55.4 Å². The maximum atomic E-state index is 12.5. The minimum atomic E-state index is 0.0130. The molecule has 6 heteroatoms. The summed E-state index contributed by atoms with van der Waals surface area (Å²) in [5.74, 6) is 1.97. The number of pyridine rings is 1. The van der Waals surface area contributed by atoms with Crippen molar-refractivity contribution >= 4 is 23.7 Å². The monoisotopic (exact) mass is 354 g/mol. The van der Waals surface area contributed by atoms with E-state index in [1.807, 2.05) is 17.0 Å². The Morgan fingerprint density at radius 3 is 2.65 bits per heavy atom. The highest BCUT2D eigenvalue weighted by molar-refractivity contribution is 5.94. The molecule has 3 aliphatic rings. The predicted octanol–water partition coefficient (Wildman–Crippen LogP) is 1.78. The van der Waals surface area contributed by atoms with Gasteiger partial charge in [-0.15, -0.1) is 0 Å². The number of anilines is 1. The molecule has 0 radical (unpaired) electrons. The normalized spacial score (nSPS) is 25.7. The Balaban J connectivity index is 1.37. The molecule has 26 heavy (non-hydrogen) atoms. The third-order valence-corrected chi connectivity index (χ3v) is 5.84. The van der Waals surface area contributed by atoms with Crippen molar-refractivity contribution in [1.82, 2.24) is 14.8 Å². The maximum absolute atomic E-state index is 12.5. The topological polar surface area (TPSA) is 65.5 Å². The second kappa shape index (κ2) is 6.83. The van der Waals surface area contributed by atoms with E-state index in [0.29, 0.717) is 36.5 Å². The van der Waals surface area contributed by atoms with Crippen LogP contribution in [0.25, 0.3) is 6.08 Å². The van der Waals surface area contributed by atoms with E-state index < -0.39 is 0 Å². The van der Waals surface area contributed by atoms with E-state index in [-0.39, 0.29) is 11.8 Å². The average molecular weight is 354 g/mol. The molecule has 6 nitrogen and oxygen atoms in total. The molecule has 4 heterocycles. The highest BCUT2D eigenvalue weighted by Crippen LogP contribution is 2.32. The van der Waals surface area contributed by atoms with Crippen molar-refractivity contribution in [1.29, 1.82) is 0 Å². The molecule has 2 atom stereocenters. The zero-order valence-corrected chi connectivity index (χ0v) is 15.4. The van der Waals surface area contributed by atoms with E-state index in [1.165, 1.54) is 0 Å². The van der Waals surface area contributed by atoms with E-state index in [9.17, 15) is 9.59 Å². The first-order valence-electron chi connectivity index (χ1n) is 9.49. The molecule has 3 aliphatic heterocycles. The summed E-state index contributed by atoms with van der Waals surface area (Å²) in [6, 6.07) is 2.59.